The number of hydrogen-bond donors (Lipinski definition) is 1. The van der Waals surface area contributed by atoms with Crippen molar-refractivity contribution in [2.45, 2.75) is 26.0 Å². The van der Waals surface area contributed by atoms with Crippen LogP contribution in [0.1, 0.15) is 31.0 Å². The molecule has 4 rings (SSSR count). The molecule has 1 aliphatic rings. The smallest absolute Gasteiger partial charge is 0.300 e. The summed E-state index contributed by atoms with van der Waals surface area (Å²) in [7, 11) is 4.53. The second-order valence-corrected chi connectivity index (χ2v) is 8.68. The van der Waals surface area contributed by atoms with Crippen LogP contribution in [0.15, 0.2) is 72.3 Å². The quantitative estimate of drug-likeness (QED) is 0.259. The van der Waals surface area contributed by atoms with E-state index in [1.165, 1.54) is 19.1 Å². The highest BCUT2D eigenvalue weighted by atomic mass is 16.5. The summed E-state index contributed by atoms with van der Waals surface area (Å²) in [5.74, 6) is 0.146. The fourth-order valence-electron chi connectivity index (χ4n) is 4.33. The van der Waals surface area contributed by atoms with Gasteiger partial charge in [0.2, 0.25) is 0 Å². The number of amides is 1. The molecule has 1 saturated heterocycles. The monoisotopic (exact) mass is 503 g/mol. The lowest BCUT2D eigenvalue weighted by atomic mass is 9.94. The van der Waals surface area contributed by atoms with Crippen LogP contribution in [-0.2, 0) is 9.59 Å². The van der Waals surface area contributed by atoms with E-state index in [0.29, 0.717) is 39.8 Å². The van der Waals surface area contributed by atoms with Gasteiger partial charge in [-0.1, -0.05) is 12.1 Å². The number of anilines is 1. The molecule has 1 unspecified atom stereocenters. The number of carbonyl (C=O) groups excluding carboxylic acids is 2. The maximum atomic E-state index is 13.4. The lowest BCUT2D eigenvalue weighted by Crippen LogP contribution is -2.29. The number of nitrogens with zero attached hydrogens (tertiary/aromatic N) is 1. The molecule has 37 heavy (non-hydrogen) atoms. The number of ketones is 1. The summed E-state index contributed by atoms with van der Waals surface area (Å²) < 4.78 is 21.8. The minimum Gasteiger partial charge on any atom is -0.507 e. The van der Waals surface area contributed by atoms with Gasteiger partial charge in [-0.05, 0) is 74.0 Å². The van der Waals surface area contributed by atoms with Crippen molar-refractivity contribution in [2.75, 3.05) is 26.2 Å². The molecule has 0 bridgehead atoms. The third-order valence-electron chi connectivity index (χ3n) is 6.00. The molecule has 0 aliphatic carbocycles. The molecule has 1 N–H and O–H groups in total. The first-order valence-corrected chi connectivity index (χ1v) is 11.7. The first kappa shape index (κ1) is 25.6. The van der Waals surface area contributed by atoms with Gasteiger partial charge in [0, 0.05) is 11.3 Å². The van der Waals surface area contributed by atoms with E-state index >= 15 is 0 Å². The van der Waals surface area contributed by atoms with E-state index in [0.717, 1.165) is 0 Å². The van der Waals surface area contributed by atoms with Crippen molar-refractivity contribution >= 4 is 23.1 Å². The number of aliphatic hydroxyl groups is 1. The average Bonchev–Trinajstić information content (AvgIpc) is 3.17. The minimum absolute atomic E-state index is 0.0465. The lowest BCUT2D eigenvalue weighted by molar-refractivity contribution is -0.132. The highest BCUT2D eigenvalue weighted by Crippen LogP contribution is 2.44. The number of aliphatic hydroxyl groups excluding tert-OH is 1. The van der Waals surface area contributed by atoms with Gasteiger partial charge in [0.1, 0.15) is 17.3 Å². The van der Waals surface area contributed by atoms with E-state index in [9.17, 15) is 14.7 Å². The van der Waals surface area contributed by atoms with Crippen LogP contribution in [0, 0.1) is 0 Å². The molecule has 1 aliphatic heterocycles. The summed E-state index contributed by atoms with van der Waals surface area (Å²) in [5, 5.41) is 11.4. The molecule has 1 amide bonds. The predicted octanol–water partition coefficient (Wildman–Crippen LogP) is 5.13. The molecular formula is C29H29NO7. The van der Waals surface area contributed by atoms with Crippen molar-refractivity contribution in [3.05, 3.63) is 83.4 Å². The zero-order valence-electron chi connectivity index (χ0n) is 21.3. The standard InChI is InChI=1S/C29H29NO7/c1-17(2)37-22-8-6-7-18(15-22)26-25(27(31)19-9-14-23(35-4)24(16-19)36-5)28(32)29(33)30(26)20-10-12-21(34-3)13-11-20/h6-17,26,31H,1-5H3/b27-25+. The molecule has 0 aromatic heterocycles. The highest BCUT2D eigenvalue weighted by Gasteiger charge is 2.47. The number of Topliss-reactive ketones (excluding diaryl/α,β-unsaturated/α-hetero) is 1. The van der Waals surface area contributed by atoms with Crippen LogP contribution in [0.25, 0.3) is 5.76 Å². The Morgan fingerprint density at radius 2 is 1.54 bits per heavy atom. The second kappa shape index (κ2) is 10.7. The summed E-state index contributed by atoms with van der Waals surface area (Å²) >= 11 is 0. The van der Waals surface area contributed by atoms with Crippen LogP contribution >= 0.6 is 0 Å². The molecule has 1 heterocycles. The summed E-state index contributed by atoms with van der Waals surface area (Å²) in [4.78, 5) is 28.2. The van der Waals surface area contributed by atoms with Crippen molar-refractivity contribution in [1.29, 1.82) is 0 Å². The van der Waals surface area contributed by atoms with Crippen LogP contribution in [-0.4, -0.2) is 44.2 Å². The molecule has 192 valence electrons. The van der Waals surface area contributed by atoms with Gasteiger partial charge in [0.25, 0.3) is 11.7 Å². The summed E-state index contributed by atoms with van der Waals surface area (Å²) in [5.41, 5.74) is 1.35. The third-order valence-corrected chi connectivity index (χ3v) is 6.00. The van der Waals surface area contributed by atoms with Crippen molar-refractivity contribution in [3.63, 3.8) is 0 Å². The number of methoxy groups -OCH3 is 3. The van der Waals surface area contributed by atoms with Gasteiger partial charge in [-0.3, -0.25) is 14.5 Å². The van der Waals surface area contributed by atoms with Crippen LogP contribution in [0.3, 0.4) is 0 Å². The van der Waals surface area contributed by atoms with E-state index in [1.54, 1.807) is 73.8 Å². The lowest BCUT2D eigenvalue weighted by Gasteiger charge is -2.26. The Morgan fingerprint density at radius 1 is 0.838 bits per heavy atom. The topological polar surface area (TPSA) is 94.5 Å². The van der Waals surface area contributed by atoms with Crippen LogP contribution in [0.2, 0.25) is 0 Å². The van der Waals surface area contributed by atoms with E-state index in [2.05, 4.69) is 0 Å². The first-order chi connectivity index (χ1) is 17.8. The summed E-state index contributed by atoms with van der Waals surface area (Å²) in [6.07, 6.45) is -0.0741. The van der Waals surface area contributed by atoms with Crippen molar-refractivity contribution in [3.8, 4) is 23.0 Å². The van der Waals surface area contributed by atoms with Gasteiger partial charge < -0.3 is 24.1 Å². The van der Waals surface area contributed by atoms with E-state index in [4.69, 9.17) is 18.9 Å². The number of carbonyl (C=O) groups is 2. The van der Waals surface area contributed by atoms with Crippen LogP contribution < -0.4 is 23.8 Å². The molecule has 3 aromatic carbocycles. The summed E-state index contributed by atoms with van der Waals surface area (Å²) in [6, 6.07) is 17.8. The van der Waals surface area contributed by atoms with Gasteiger partial charge >= 0.3 is 0 Å². The zero-order valence-corrected chi connectivity index (χ0v) is 21.3. The van der Waals surface area contributed by atoms with Gasteiger partial charge in [0.05, 0.1) is 39.0 Å². The molecule has 0 saturated carbocycles. The molecule has 8 nitrogen and oxygen atoms in total. The predicted molar refractivity (Wildman–Crippen MR) is 140 cm³/mol. The minimum atomic E-state index is -0.905. The fraction of sp³-hybridized carbons (Fsp3) is 0.241. The zero-order chi connectivity index (χ0) is 26.7. The SMILES string of the molecule is COc1ccc(N2C(=O)C(=O)/C(=C(/O)c3ccc(OC)c(OC)c3)C2c2cccc(OC(C)C)c2)cc1. The molecule has 1 atom stereocenters. The van der Waals surface area contributed by atoms with Gasteiger partial charge in [-0.2, -0.15) is 0 Å². The van der Waals surface area contributed by atoms with E-state index in [-0.39, 0.29) is 17.4 Å². The van der Waals surface area contributed by atoms with Gasteiger partial charge in [-0.15, -0.1) is 0 Å². The average molecular weight is 504 g/mol. The Bertz CT molecular complexity index is 1340. The number of hydrogen-bond acceptors (Lipinski definition) is 7. The van der Waals surface area contributed by atoms with Gasteiger partial charge in [0.15, 0.2) is 11.5 Å². The molecule has 0 spiro atoms. The van der Waals surface area contributed by atoms with Crippen LogP contribution in [0.5, 0.6) is 23.0 Å². The van der Waals surface area contributed by atoms with Crippen molar-refractivity contribution in [1.82, 2.24) is 0 Å². The molecule has 8 heteroatoms. The maximum absolute atomic E-state index is 13.4. The first-order valence-electron chi connectivity index (χ1n) is 11.7. The Hall–Kier alpha value is -4.46. The Morgan fingerprint density at radius 3 is 2.16 bits per heavy atom. The molecule has 0 radical (unpaired) electrons. The molecular weight excluding hydrogens is 474 g/mol. The molecule has 1 fully saturated rings. The van der Waals surface area contributed by atoms with Crippen LogP contribution in [0.4, 0.5) is 5.69 Å². The number of rotatable bonds is 8. The van der Waals surface area contributed by atoms with Crippen molar-refractivity contribution < 1.29 is 33.6 Å². The Balaban J connectivity index is 1.92. The third kappa shape index (κ3) is 4.95. The largest absolute Gasteiger partial charge is 0.507 e. The number of benzene rings is 3. The summed E-state index contributed by atoms with van der Waals surface area (Å²) in [6.45, 7) is 3.82. The second-order valence-electron chi connectivity index (χ2n) is 8.68. The van der Waals surface area contributed by atoms with Gasteiger partial charge in [-0.25, -0.2) is 0 Å². The van der Waals surface area contributed by atoms with E-state index < -0.39 is 17.7 Å². The number of ether oxygens (including phenoxy) is 4. The van der Waals surface area contributed by atoms with Crippen molar-refractivity contribution in [2.24, 2.45) is 0 Å². The highest BCUT2D eigenvalue weighted by molar-refractivity contribution is 6.51. The Kier molecular flexibility index (Phi) is 7.38. The maximum Gasteiger partial charge on any atom is 0.300 e. The normalized spacial score (nSPS) is 16.7. The van der Waals surface area contributed by atoms with E-state index in [1.807, 2.05) is 13.8 Å². The Labute approximate surface area is 215 Å². The molecule has 3 aromatic rings. The fourth-order valence-corrected chi connectivity index (χ4v) is 4.33.